The highest BCUT2D eigenvalue weighted by atomic mass is 32.1. The molecule has 0 saturated carbocycles. The van der Waals surface area contributed by atoms with Crippen LogP contribution in [0.5, 0.6) is 5.88 Å². The highest BCUT2D eigenvalue weighted by Gasteiger charge is 2.12. The quantitative estimate of drug-likeness (QED) is 0.424. The van der Waals surface area contributed by atoms with E-state index >= 15 is 0 Å². The Morgan fingerprint density at radius 2 is 2.12 bits per heavy atom. The maximum Gasteiger partial charge on any atom is 0.264 e. The van der Waals surface area contributed by atoms with Crippen molar-refractivity contribution in [3.05, 3.63) is 51.0 Å². The average Bonchev–Trinajstić information content (AvgIpc) is 2.56. The molecule has 7 nitrogen and oxygen atoms in total. The second-order valence-electron chi connectivity index (χ2n) is 5.06. The number of aromatic amines is 1. The normalized spacial score (nSPS) is 10.9. The van der Waals surface area contributed by atoms with Crippen LogP contribution in [-0.4, -0.2) is 26.8 Å². The van der Waals surface area contributed by atoms with E-state index in [4.69, 9.17) is 12.2 Å². The number of para-hydroxylation sites is 1. The molecule has 24 heavy (non-hydrogen) atoms. The van der Waals surface area contributed by atoms with E-state index in [9.17, 15) is 14.7 Å². The topological polar surface area (TPSA) is 99.5 Å². The van der Waals surface area contributed by atoms with Crippen LogP contribution in [0, 0.1) is 4.77 Å². The predicted molar refractivity (Wildman–Crippen MR) is 94.2 cm³/mol. The minimum Gasteiger partial charge on any atom is -0.494 e. The summed E-state index contributed by atoms with van der Waals surface area (Å²) in [6.45, 7) is 1.98. The lowest BCUT2D eigenvalue weighted by molar-refractivity contribution is -0.121. The minimum atomic E-state index is -0.587. The molecule has 8 heteroatoms. The molecule has 0 aliphatic heterocycles. The molecule has 126 valence electrons. The zero-order valence-corrected chi connectivity index (χ0v) is 14.0. The molecular formula is C16H18N4O3S. The second kappa shape index (κ2) is 8.21. The third-order valence-electron chi connectivity index (χ3n) is 3.28. The summed E-state index contributed by atoms with van der Waals surface area (Å²) in [5.41, 5.74) is 2.24. The van der Waals surface area contributed by atoms with E-state index < -0.39 is 5.56 Å². The Morgan fingerprint density at radius 3 is 2.79 bits per heavy atom. The second-order valence-corrected chi connectivity index (χ2v) is 5.45. The van der Waals surface area contributed by atoms with Gasteiger partial charge in [-0.1, -0.05) is 31.5 Å². The van der Waals surface area contributed by atoms with Gasteiger partial charge >= 0.3 is 0 Å². The fourth-order valence-electron chi connectivity index (χ4n) is 2.03. The molecule has 0 aliphatic rings. The van der Waals surface area contributed by atoms with Crippen LogP contribution in [0.15, 0.2) is 40.2 Å². The molecule has 1 amide bonds. The zero-order chi connectivity index (χ0) is 17.5. The van der Waals surface area contributed by atoms with E-state index in [-0.39, 0.29) is 22.1 Å². The van der Waals surface area contributed by atoms with Gasteiger partial charge in [-0.25, -0.2) is 5.43 Å². The van der Waals surface area contributed by atoms with Crippen LogP contribution in [0.2, 0.25) is 0 Å². The van der Waals surface area contributed by atoms with Crippen molar-refractivity contribution >= 4 is 24.3 Å². The third kappa shape index (κ3) is 4.17. The Labute approximate surface area is 143 Å². The summed E-state index contributed by atoms with van der Waals surface area (Å²) < 4.78 is 1.38. The van der Waals surface area contributed by atoms with Crippen molar-refractivity contribution in [1.82, 2.24) is 15.0 Å². The first-order valence-corrected chi connectivity index (χ1v) is 7.91. The van der Waals surface area contributed by atoms with Crippen molar-refractivity contribution in [2.24, 2.45) is 5.10 Å². The SMILES string of the molecule is CCCCC(=O)NN=Cc1c(O)n(-c2ccccc2)c(=S)[nH]c1=O. The number of hydrazone groups is 1. The standard InChI is InChI=1S/C16H18N4O3S/c1-2-3-9-13(21)19-17-10-12-14(22)18-16(24)20(15(12)23)11-7-5-4-6-8-11/h4-8,10,23H,2-3,9H2,1H3,(H,19,21)(H,18,22,24). The van der Waals surface area contributed by atoms with E-state index in [2.05, 4.69) is 15.5 Å². The lowest BCUT2D eigenvalue weighted by Crippen LogP contribution is -2.21. The van der Waals surface area contributed by atoms with E-state index in [1.54, 1.807) is 24.3 Å². The molecule has 0 aliphatic carbocycles. The highest BCUT2D eigenvalue weighted by molar-refractivity contribution is 7.71. The number of rotatable bonds is 6. The molecule has 0 atom stereocenters. The molecule has 2 aromatic rings. The van der Waals surface area contributed by atoms with Crippen LogP contribution in [-0.2, 0) is 4.79 Å². The fourth-order valence-corrected chi connectivity index (χ4v) is 2.32. The third-order valence-corrected chi connectivity index (χ3v) is 3.56. The number of amides is 1. The molecule has 1 aromatic carbocycles. The summed E-state index contributed by atoms with van der Waals surface area (Å²) in [4.78, 5) is 26.0. The number of nitrogens with zero attached hydrogens (tertiary/aromatic N) is 2. The molecule has 1 heterocycles. The van der Waals surface area contributed by atoms with Crippen molar-refractivity contribution in [3.8, 4) is 11.6 Å². The molecule has 3 N–H and O–H groups in total. The van der Waals surface area contributed by atoms with Crippen LogP contribution in [0.1, 0.15) is 31.7 Å². The van der Waals surface area contributed by atoms with Gasteiger partial charge < -0.3 is 5.11 Å². The van der Waals surface area contributed by atoms with Crippen molar-refractivity contribution in [1.29, 1.82) is 0 Å². The Kier molecular flexibility index (Phi) is 6.02. The van der Waals surface area contributed by atoms with Crippen molar-refractivity contribution < 1.29 is 9.90 Å². The Balaban J connectivity index is 2.33. The summed E-state index contributed by atoms with van der Waals surface area (Å²) in [5, 5.41) is 14.1. The number of benzene rings is 1. The van der Waals surface area contributed by atoms with Crippen molar-refractivity contribution in [2.45, 2.75) is 26.2 Å². The molecular weight excluding hydrogens is 328 g/mol. The van der Waals surface area contributed by atoms with Crippen molar-refractivity contribution in [2.75, 3.05) is 0 Å². The van der Waals surface area contributed by atoms with Gasteiger partial charge in [0, 0.05) is 6.42 Å². The minimum absolute atomic E-state index is 0.0628. The smallest absolute Gasteiger partial charge is 0.264 e. The monoisotopic (exact) mass is 346 g/mol. The fraction of sp³-hybridized carbons (Fsp3) is 0.250. The number of hydrogen-bond acceptors (Lipinski definition) is 5. The number of aromatic nitrogens is 2. The molecule has 0 radical (unpaired) electrons. The predicted octanol–water partition coefficient (Wildman–Crippen LogP) is 2.24. The van der Waals surface area contributed by atoms with Gasteiger partial charge in [-0.2, -0.15) is 5.10 Å². The number of carbonyl (C=O) groups is 1. The van der Waals surface area contributed by atoms with Crippen LogP contribution in [0.4, 0.5) is 0 Å². The summed E-state index contributed by atoms with van der Waals surface area (Å²) in [6, 6.07) is 8.86. The number of H-pyrrole nitrogens is 1. The Morgan fingerprint density at radius 1 is 1.42 bits per heavy atom. The van der Waals surface area contributed by atoms with Gasteiger partial charge in [0.05, 0.1) is 11.9 Å². The molecule has 0 spiro atoms. The lowest BCUT2D eigenvalue weighted by atomic mass is 10.2. The first-order valence-electron chi connectivity index (χ1n) is 7.50. The van der Waals surface area contributed by atoms with Gasteiger partial charge in [0.1, 0.15) is 5.56 Å². The maximum atomic E-state index is 12.0. The molecule has 0 bridgehead atoms. The molecule has 0 unspecified atom stereocenters. The van der Waals surface area contributed by atoms with Gasteiger partial charge in [-0.3, -0.25) is 19.1 Å². The molecule has 0 saturated heterocycles. The van der Waals surface area contributed by atoms with Crippen LogP contribution in [0.25, 0.3) is 5.69 Å². The number of aromatic hydroxyl groups is 1. The van der Waals surface area contributed by atoms with E-state index in [1.807, 2.05) is 13.0 Å². The summed E-state index contributed by atoms with van der Waals surface area (Å²) in [6.07, 6.45) is 3.11. The summed E-state index contributed by atoms with van der Waals surface area (Å²) in [7, 11) is 0. The van der Waals surface area contributed by atoms with Crippen LogP contribution in [0.3, 0.4) is 0 Å². The molecule has 2 rings (SSSR count). The number of carbonyl (C=O) groups excluding carboxylic acids is 1. The van der Waals surface area contributed by atoms with E-state index in [0.717, 1.165) is 19.1 Å². The summed E-state index contributed by atoms with van der Waals surface area (Å²) >= 11 is 5.10. The number of unbranched alkanes of at least 4 members (excludes halogenated alkanes) is 1. The van der Waals surface area contributed by atoms with Gasteiger partial charge in [0.2, 0.25) is 11.8 Å². The average molecular weight is 346 g/mol. The first kappa shape index (κ1) is 17.6. The summed E-state index contributed by atoms with van der Waals surface area (Å²) in [5.74, 6) is -0.596. The van der Waals surface area contributed by atoms with Crippen molar-refractivity contribution in [3.63, 3.8) is 0 Å². The Bertz CT molecular complexity index is 856. The van der Waals surface area contributed by atoms with Gasteiger partial charge in [0.15, 0.2) is 4.77 Å². The zero-order valence-electron chi connectivity index (χ0n) is 13.2. The Hall–Kier alpha value is -2.74. The van der Waals surface area contributed by atoms with E-state index in [1.165, 1.54) is 4.57 Å². The number of hydrogen-bond donors (Lipinski definition) is 3. The van der Waals surface area contributed by atoms with Gasteiger partial charge in [-0.05, 0) is 30.8 Å². The van der Waals surface area contributed by atoms with Gasteiger partial charge in [-0.15, -0.1) is 0 Å². The van der Waals surface area contributed by atoms with Crippen LogP contribution < -0.4 is 11.0 Å². The number of nitrogens with one attached hydrogen (secondary N) is 2. The van der Waals surface area contributed by atoms with E-state index in [0.29, 0.717) is 12.1 Å². The largest absolute Gasteiger partial charge is 0.494 e. The lowest BCUT2D eigenvalue weighted by Gasteiger charge is -2.10. The first-order chi connectivity index (χ1) is 11.5. The molecule has 0 fully saturated rings. The van der Waals surface area contributed by atoms with Crippen LogP contribution >= 0.6 is 12.2 Å². The van der Waals surface area contributed by atoms with Gasteiger partial charge in [0.25, 0.3) is 5.56 Å². The molecule has 1 aromatic heterocycles. The highest BCUT2D eigenvalue weighted by Crippen LogP contribution is 2.17. The maximum absolute atomic E-state index is 12.0.